The van der Waals surface area contributed by atoms with Crippen molar-refractivity contribution in [2.24, 2.45) is 11.7 Å². The summed E-state index contributed by atoms with van der Waals surface area (Å²) in [6.07, 6.45) is 4.58. The number of amides is 1. The van der Waals surface area contributed by atoms with Gasteiger partial charge in [0.2, 0.25) is 6.41 Å². The smallest absolute Gasteiger partial charge is 0.257 e. The average molecular weight is 402 g/mol. The lowest BCUT2D eigenvalue weighted by Crippen LogP contribution is -2.34. The summed E-state index contributed by atoms with van der Waals surface area (Å²) in [6, 6.07) is 10.1. The normalized spacial score (nSPS) is 14.0. The summed E-state index contributed by atoms with van der Waals surface area (Å²) in [7, 11) is 3.27. The first-order valence-corrected chi connectivity index (χ1v) is 9.76. The SMILES string of the molecule is COCc1ccccc1.COc1nc(CN)cnc1NCC1CCN(C=O)CC1. The van der Waals surface area contributed by atoms with Crippen LogP contribution in [0.2, 0.25) is 0 Å². The van der Waals surface area contributed by atoms with Gasteiger partial charge in [-0.05, 0) is 24.3 Å². The van der Waals surface area contributed by atoms with Gasteiger partial charge in [0.1, 0.15) is 0 Å². The third kappa shape index (κ3) is 7.67. The average Bonchev–Trinajstić information content (AvgIpc) is 2.79. The number of hydrogen-bond acceptors (Lipinski definition) is 7. The second-order valence-corrected chi connectivity index (χ2v) is 6.81. The number of nitrogens with zero attached hydrogens (tertiary/aromatic N) is 3. The highest BCUT2D eigenvalue weighted by atomic mass is 16.5. The molecule has 1 saturated heterocycles. The van der Waals surface area contributed by atoms with Crippen LogP contribution in [0.1, 0.15) is 24.1 Å². The van der Waals surface area contributed by atoms with E-state index < -0.39 is 0 Å². The number of piperidine rings is 1. The van der Waals surface area contributed by atoms with E-state index in [0.717, 1.165) is 38.9 Å². The van der Waals surface area contributed by atoms with E-state index in [9.17, 15) is 4.79 Å². The predicted octanol–water partition coefficient (Wildman–Crippen LogP) is 2.06. The second-order valence-electron chi connectivity index (χ2n) is 6.81. The molecule has 8 nitrogen and oxygen atoms in total. The van der Waals surface area contributed by atoms with Gasteiger partial charge in [0.05, 0.1) is 25.6 Å². The van der Waals surface area contributed by atoms with Crippen LogP contribution in [0.25, 0.3) is 0 Å². The maximum atomic E-state index is 10.7. The fraction of sp³-hybridized carbons (Fsp3) is 0.476. The molecule has 1 aromatic heterocycles. The Labute approximate surface area is 172 Å². The highest BCUT2D eigenvalue weighted by Crippen LogP contribution is 2.21. The molecule has 0 atom stereocenters. The van der Waals surface area contributed by atoms with Crippen molar-refractivity contribution in [1.29, 1.82) is 0 Å². The van der Waals surface area contributed by atoms with Gasteiger partial charge in [-0.2, -0.15) is 0 Å². The zero-order valence-corrected chi connectivity index (χ0v) is 17.2. The quantitative estimate of drug-likeness (QED) is 0.653. The van der Waals surface area contributed by atoms with Gasteiger partial charge < -0.3 is 25.4 Å². The lowest BCUT2D eigenvalue weighted by Gasteiger charge is -2.29. The molecule has 8 heteroatoms. The largest absolute Gasteiger partial charge is 0.478 e. The summed E-state index contributed by atoms with van der Waals surface area (Å²) in [5.74, 6) is 1.65. The molecular weight excluding hydrogens is 370 g/mol. The fourth-order valence-corrected chi connectivity index (χ4v) is 3.01. The molecule has 1 aromatic carbocycles. The predicted molar refractivity (Wildman–Crippen MR) is 112 cm³/mol. The van der Waals surface area contributed by atoms with Crippen LogP contribution in [-0.4, -0.2) is 55.1 Å². The van der Waals surface area contributed by atoms with E-state index in [1.54, 1.807) is 20.4 Å². The number of ether oxygens (including phenoxy) is 2. The monoisotopic (exact) mass is 401 g/mol. The Morgan fingerprint density at radius 2 is 1.97 bits per heavy atom. The number of carbonyl (C=O) groups excluding carboxylic acids is 1. The van der Waals surface area contributed by atoms with Crippen molar-refractivity contribution in [3.05, 3.63) is 47.8 Å². The van der Waals surface area contributed by atoms with Crippen molar-refractivity contribution in [3.8, 4) is 5.88 Å². The second kappa shape index (κ2) is 12.7. The van der Waals surface area contributed by atoms with E-state index >= 15 is 0 Å². The summed E-state index contributed by atoms with van der Waals surface area (Å²) in [4.78, 5) is 21.0. The van der Waals surface area contributed by atoms with Gasteiger partial charge >= 0.3 is 0 Å². The summed E-state index contributed by atoms with van der Waals surface area (Å²) in [5, 5.41) is 3.27. The van der Waals surface area contributed by atoms with Gasteiger partial charge in [-0.1, -0.05) is 30.3 Å². The van der Waals surface area contributed by atoms with Gasteiger partial charge in [-0.15, -0.1) is 0 Å². The number of carbonyl (C=O) groups is 1. The lowest BCUT2D eigenvalue weighted by molar-refractivity contribution is -0.119. The maximum absolute atomic E-state index is 10.7. The number of hydrogen-bond donors (Lipinski definition) is 2. The Bertz CT molecular complexity index is 722. The first-order chi connectivity index (χ1) is 14.2. The summed E-state index contributed by atoms with van der Waals surface area (Å²) in [5.41, 5.74) is 7.45. The molecule has 1 aliphatic rings. The van der Waals surface area contributed by atoms with Crippen molar-refractivity contribution >= 4 is 12.2 Å². The van der Waals surface area contributed by atoms with Crippen molar-refractivity contribution < 1.29 is 14.3 Å². The number of aromatic nitrogens is 2. The molecule has 3 rings (SSSR count). The first kappa shape index (κ1) is 22.6. The van der Waals surface area contributed by atoms with Crippen LogP contribution in [0, 0.1) is 5.92 Å². The molecule has 1 aliphatic heterocycles. The van der Waals surface area contributed by atoms with Crippen LogP contribution in [0.3, 0.4) is 0 Å². The molecule has 158 valence electrons. The van der Waals surface area contributed by atoms with Crippen molar-refractivity contribution in [3.63, 3.8) is 0 Å². The van der Waals surface area contributed by atoms with Crippen LogP contribution >= 0.6 is 0 Å². The van der Waals surface area contributed by atoms with Crippen LogP contribution in [0.5, 0.6) is 5.88 Å². The number of rotatable bonds is 8. The highest BCUT2D eigenvalue weighted by Gasteiger charge is 2.18. The van der Waals surface area contributed by atoms with Gasteiger partial charge in [-0.3, -0.25) is 4.79 Å². The zero-order chi connectivity index (χ0) is 20.9. The molecule has 3 N–H and O–H groups in total. The molecule has 0 unspecified atom stereocenters. The van der Waals surface area contributed by atoms with E-state index in [2.05, 4.69) is 15.3 Å². The molecule has 0 aliphatic carbocycles. The number of likely N-dealkylation sites (tertiary alicyclic amines) is 1. The number of nitrogens with two attached hydrogens (primary N) is 1. The topological polar surface area (TPSA) is 103 Å². The highest BCUT2D eigenvalue weighted by molar-refractivity contribution is 5.47. The summed E-state index contributed by atoms with van der Waals surface area (Å²) >= 11 is 0. The first-order valence-electron chi connectivity index (χ1n) is 9.76. The zero-order valence-electron chi connectivity index (χ0n) is 17.2. The lowest BCUT2D eigenvalue weighted by atomic mass is 9.97. The molecule has 1 fully saturated rings. The van der Waals surface area contributed by atoms with Crippen LogP contribution < -0.4 is 15.8 Å². The van der Waals surface area contributed by atoms with Gasteiger partial charge in [0.25, 0.3) is 5.88 Å². The number of benzene rings is 1. The molecule has 0 bridgehead atoms. The number of methoxy groups -OCH3 is 2. The Kier molecular flexibility index (Phi) is 9.88. The minimum atomic E-state index is 0.341. The maximum Gasteiger partial charge on any atom is 0.257 e. The van der Waals surface area contributed by atoms with Gasteiger partial charge in [-0.25, -0.2) is 9.97 Å². The minimum Gasteiger partial charge on any atom is -0.478 e. The van der Waals surface area contributed by atoms with Crippen LogP contribution in [-0.2, 0) is 22.7 Å². The Hall–Kier alpha value is -2.71. The van der Waals surface area contributed by atoms with Crippen molar-refractivity contribution in [2.75, 3.05) is 39.2 Å². The van der Waals surface area contributed by atoms with Crippen LogP contribution in [0.4, 0.5) is 5.82 Å². The van der Waals surface area contributed by atoms with E-state index in [0.29, 0.717) is 36.5 Å². The molecule has 2 heterocycles. The van der Waals surface area contributed by atoms with E-state index in [-0.39, 0.29) is 0 Å². The molecule has 0 saturated carbocycles. The van der Waals surface area contributed by atoms with Crippen molar-refractivity contribution in [1.82, 2.24) is 14.9 Å². The Morgan fingerprint density at radius 1 is 1.24 bits per heavy atom. The number of nitrogens with one attached hydrogen (secondary N) is 1. The van der Waals surface area contributed by atoms with E-state index in [1.807, 2.05) is 35.2 Å². The van der Waals surface area contributed by atoms with E-state index in [1.165, 1.54) is 5.56 Å². The minimum absolute atomic E-state index is 0.341. The fourth-order valence-electron chi connectivity index (χ4n) is 3.01. The standard InChI is InChI=1S/C13H21N5O2.C8H10O/c1-20-13-12(16-8-11(6-14)17-13)15-7-10-2-4-18(9-19)5-3-10;1-9-7-8-5-3-2-4-6-8/h8-10H,2-7,14H2,1H3,(H,15,16);2-6H,7H2,1H3. The molecule has 0 spiro atoms. The van der Waals surface area contributed by atoms with Crippen molar-refractivity contribution in [2.45, 2.75) is 26.0 Å². The van der Waals surface area contributed by atoms with E-state index in [4.69, 9.17) is 15.2 Å². The third-order valence-electron chi connectivity index (χ3n) is 4.70. The molecule has 2 aromatic rings. The number of anilines is 1. The third-order valence-corrected chi connectivity index (χ3v) is 4.70. The molecule has 0 radical (unpaired) electrons. The summed E-state index contributed by atoms with van der Waals surface area (Å²) < 4.78 is 10.1. The van der Waals surface area contributed by atoms with Gasteiger partial charge in [0.15, 0.2) is 5.82 Å². The molecule has 1 amide bonds. The molecule has 29 heavy (non-hydrogen) atoms. The molecular formula is C21H31N5O3. The van der Waals surface area contributed by atoms with Crippen LogP contribution in [0.15, 0.2) is 36.5 Å². The summed E-state index contributed by atoms with van der Waals surface area (Å²) in [6.45, 7) is 3.50. The Morgan fingerprint density at radius 3 is 2.55 bits per heavy atom. The Balaban J connectivity index is 0.000000278. The van der Waals surface area contributed by atoms with Gasteiger partial charge in [0, 0.05) is 33.3 Å².